The van der Waals surface area contributed by atoms with Gasteiger partial charge in [-0.05, 0) is 12.8 Å². The number of rotatable bonds is 7. The first kappa shape index (κ1) is 18.1. The number of carbonyl (C=O) groups is 2. The average Bonchev–Trinajstić information content (AvgIpc) is 2.12. The summed E-state index contributed by atoms with van der Waals surface area (Å²) >= 11 is 0.455. The van der Waals surface area contributed by atoms with Crippen molar-refractivity contribution in [2.75, 3.05) is 11.5 Å². The molecule has 112 valence electrons. The first-order valence-corrected chi connectivity index (χ1v) is 6.79. The van der Waals surface area contributed by atoms with Crippen LogP contribution in [0.5, 0.6) is 0 Å². The van der Waals surface area contributed by atoms with E-state index in [9.17, 15) is 22.8 Å². The Hall–Kier alpha value is -0.920. The maximum absolute atomic E-state index is 11.9. The van der Waals surface area contributed by atoms with Gasteiger partial charge in [-0.3, -0.25) is 9.59 Å². The van der Waals surface area contributed by atoms with Crippen molar-refractivity contribution >= 4 is 23.6 Å². The molecule has 1 atom stereocenters. The molecule has 0 bridgehead atoms. The Morgan fingerprint density at radius 2 is 1.84 bits per heavy atom. The Balaban J connectivity index is 4.37. The predicted molar refractivity (Wildman–Crippen MR) is 67.0 cm³/mol. The zero-order chi connectivity index (χ0) is 15.3. The van der Waals surface area contributed by atoms with Crippen LogP contribution in [0, 0.1) is 5.92 Å². The van der Waals surface area contributed by atoms with Crippen LogP contribution < -0.4 is 5.32 Å². The molecule has 0 saturated heterocycles. The lowest BCUT2D eigenvalue weighted by molar-refractivity contribution is -0.139. The molecule has 0 aliphatic carbocycles. The highest BCUT2D eigenvalue weighted by Gasteiger charge is 2.33. The highest BCUT2D eigenvalue weighted by molar-refractivity contribution is 8.00. The van der Waals surface area contributed by atoms with Crippen LogP contribution in [0.3, 0.4) is 0 Å². The van der Waals surface area contributed by atoms with Crippen molar-refractivity contribution in [3.05, 3.63) is 0 Å². The van der Waals surface area contributed by atoms with E-state index in [1.165, 1.54) is 0 Å². The van der Waals surface area contributed by atoms with Crippen LogP contribution in [0.4, 0.5) is 13.2 Å². The minimum atomic E-state index is -4.31. The summed E-state index contributed by atoms with van der Waals surface area (Å²) in [6, 6.07) is 0. The topological polar surface area (TPSA) is 66.4 Å². The van der Waals surface area contributed by atoms with Crippen LogP contribution in [-0.4, -0.2) is 40.2 Å². The minimum Gasteiger partial charge on any atom is -0.481 e. The van der Waals surface area contributed by atoms with E-state index in [1.54, 1.807) is 20.8 Å². The first-order chi connectivity index (χ1) is 8.46. The first-order valence-electron chi connectivity index (χ1n) is 5.63. The maximum atomic E-state index is 11.9. The van der Waals surface area contributed by atoms with Crippen LogP contribution in [0.25, 0.3) is 0 Å². The number of aliphatic carboxylic acids is 1. The van der Waals surface area contributed by atoms with E-state index < -0.39 is 29.3 Å². The standard InChI is InChI=1S/C11H18F3NO3S/c1-7(2)10(3,4-9(17)18)15-8(16)5-19-6-11(12,13)14/h7H,4-6H2,1-3H3,(H,15,16)(H,17,18). The number of hydrogen-bond acceptors (Lipinski definition) is 3. The summed E-state index contributed by atoms with van der Waals surface area (Å²) in [5.74, 6) is -3.26. The van der Waals surface area contributed by atoms with Crippen molar-refractivity contribution < 1.29 is 27.9 Å². The van der Waals surface area contributed by atoms with Crippen LogP contribution in [0.1, 0.15) is 27.2 Å². The van der Waals surface area contributed by atoms with E-state index in [0.717, 1.165) is 0 Å². The molecule has 2 N–H and O–H groups in total. The summed E-state index contributed by atoms with van der Waals surface area (Å²) in [6.07, 6.45) is -4.59. The number of amides is 1. The Labute approximate surface area is 114 Å². The fourth-order valence-corrected chi connectivity index (χ4v) is 1.91. The molecule has 4 nitrogen and oxygen atoms in total. The molecule has 0 radical (unpaired) electrons. The van der Waals surface area contributed by atoms with Crippen molar-refractivity contribution in [3.8, 4) is 0 Å². The van der Waals surface area contributed by atoms with Crippen LogP contribution in [0.15, 0.2) is 0 Å². The lowest BCUT2D eigenvalue weighted by Gasteiger charge is -2.33. The normalized spacial score (nSPS) is 15.1. The molecule has 0 fully saturated rings. The van der Waals surface area contributed by atoms with Gasteiger partial charge in [0.15, 0.2) is 0 Å². The Morgan fingerprint density at radius 1 is 1.32 bits per heavy atom. The third-order valence-corrected chi connectivity index (χ3v) is 3.71. The number of carboxylic acids is 1. The lowest BCUT2D eigenvalue weighted by atomic mass is 9.85. The summed E-state index contributed by atoms with van der Waals surface area (Å²) in [4.78, 5) is 22.3. The molecule has 8 heteroatoms. The fraction of sp³-hybridized carbons (Fsp3) is 0.818. The smallest absolute Gasteiger partial charge is 0.397 e. The molecule has 1 amide bonds. The van der Waals surface area contributed by atoms with Gasteiger partial charge in [-0.15, -0.1) is 11.8 Å². The van der Waals surface area contributed by atoms with Gasteiger partial charge in [-0.25, -0.2) is 0 Å². The number of hydrogen-bond donors (Lipinski definition) is 2. The Morgan fingerprint density at radius 3 is 2.21 bits per heavy atom. The molecule has 1 unspecified atom stereocenters. The van der Waals surface area contributed by atoms with Crippen molar-refractivity contribution in [1.82, 2.24) is 5.32 Å². The summed E-state index contributed by atoms with van der Waals surface area (Å²) < 4.78 is 35.7. The van der Waals surface area contributed by atoms with Gasteiger partial charge in [-0.2, -0.15) is 13.2 Å². The summed E-state index contributed by atoms with van der Waals surface area (Å²) in [5.41, 5.74) is -0.971. The molecule has 0 aliphatic rings. The van der Waals surface area contributed by atoms with Gasteiger partial charge in [0, 0.05) is 5.54 Å². The third kappa shape index (κ3) is 7.97. The molecule has 0 aromatic carbocycles. The second-order valence-electron chi connectivity index (χ2n) is 4.80. The summed E-state index contributed by atoms with van der Waals surface area (Å²) in [5, 5.41) is 11.3. The zero-order valence-electron chi connectivity index (χ0n) is 11.0. The highest BCUT2D eigenvalue weighted by atomic mass is 32.2. The monoisotopic (exact) mass is 301 g/mol. The largest absolute Gasteiger partial charge is 0.481 e. The van der Waals surface area contributed by atoms with Crippen molar-refractivity contribution in [2.24, 2.45) is 5.92 Å². The quantitative estimate of drug-likeness (QED) is 0.757. The lowest BCUT2D eigenvalue weighted by Crippen LogP contribution is -2.52. The van der Waals surface area contributed by atoms with Gasteiger partial charge in [-0.1, -0.05) is 13.8 Å². The third-order valence-electron chi connectivity index (χ3n) is 2.72. The van der Waals surface area contributed by atoms with Gasteiger partial charge in [0.05, 0.1) is 17.9 Å². The highest BCUT2D eigenvalue weighted by Crippen LogP contribution is 2.23. The summed E-state index contributed by atoms with van der Waals surface area (Å²) in [7, 11) is 0. The predicted octanol–water partition coefficient (Wildman–Crippen LogP) is 2.29. The van der Waals surface area contributed by atoms with E-state index in [2.05, 4.69) is 5.32 Å². The SMILES string of the molecule is CC(C)C(C)(CC(=O)O)NC(=O)CSCC(F)(F)F. The van der Waals surface area contributed by atoms with Gasteiger partial charge in [0.25, 0.3) is 0 Å². The van der Waals surface area contributed by atoms with Crippen LogP contribution in [0.2, 0.25) is 0 Å². The molecule has 0 rings (SSSR count). The molecule has 0 saturated carbocycles. The van der Waals surface area contributed by atoms with E-state index >= 15 is 0 Å². The minimum absolute atomic E-state index is 0.153. The van der Waals surface area contributed by atoms with Crippen molar-refractivity contribution in [1.29, 1.82) is 0 Å². The van der Waals surface area contributed by atoms with Gasteiger partial charge in [0.2, 0.25) is 5.91 Å². The molecule has 0 aromatic heterocycles. The van der Waals surface area contributed by atoms with E-state index in [4.69, 9.17) is 5.11 Å². The Bertz CT molecular complexity index is 334. The number of thioether (sulfide) groups is 1. The second-order valence-corrected chi connectivity index (χ2v) is 5.78. The zero-order valence-corrected chi connectivity index (χ0v) is 11.8. The number of alkyl halides is 3. The van der Waals surface area contributed by atoms with E-state index in [0.29, 0.717) is 11.8 Å². The van der Waals surface area contributed by atoms with Gasteiger partial charge >= 0.3 is 12.1 Å². The molecule has 0 aliphatic heterocycles. The number of carboxylic acid groups (broad SMARTS) is 1. The number of halogens is 3. The number of carbonyl (C=O) groups excluding carboxylic acids is 1. The second kappa shape index (κ2) is 7.02. The fourth-order valence-electron chi connectivity index (χ4n) is 1.32. The van der Waals surface area contributed by atoms with Crippen LogP contribution in [-0.2, 0) is 9.59 Å². The summed E-state index contributed by atoms with van der Waals surface area (Å²) in [6.45, 7) is 5.05. The molecule has 0 aromatic rings. The van der Waals surface area contributed by atoms with Crippen LogP contribution >= 0.6 is 11.8 Å². The van der Waals surface area contributed by atoms with E-state index in [1.807, 2.05) is 0 Å². The molecule has 0 heterocycles. The van der Waals surface area contributed by atoms with Gasteiger partial charge < -0.3 is 10.4 Å². The van der Waals surface area contributed by atoms with E-state index in [-0.39, 0.29) is 18.1 Å². The molecular weight excluding hydrogens is 283 g/mol. The van der Waals surface area contributed by atoms with Crippen molar-refractivity contribution in [2.45, 2.75) is 38.9 Å². The Kier molecular flexibility index (Phi) is 6.68. The maximum Gasteiger partial charge on any atom is 0.397 e. The van der Waals surface area contributed by atoms with Gasteiger partial charge in [0.1, 0.15) is 0 Å². The number of nitrogens with one attached hydrogen (secondary N) is 1. The van der Waals surface area contributed by atoms with Crippen molar-refractivity contribution in [3.63, 3.8) is 0 Å². The molecule has 19 heavy (non-hydrogen) atoms. The average molecular weight is 301 g/mol. The molecule has 0 spiro atoms. The molecular formula is C11H18F3NO3S.